The van der Waals surface area contributed by atoms with E-state index in [1.54, 1.807) is 0 Å². The third-order valence-corrected chi connectivity index (χ3v) is 9.66. The molecule has 6 aromatic carbocycles. The SMILES string of the molecule is CC(C)(C)c1ccc(-n2c3ccccc3c3cc(-c4ccc5c(c4)c4ccccc4n5-c4ccc(C(C)(C)C)cc4)ccc32)cc1. The zero-order valence-corrected chi connectivity index (χ0v) is 27.6. The van der Waals surface area contributed by atoms with E-state index in [2.05, 4.69) is 184 Å². The van der Waals surface area contributed by atoms with Gasteiger partial charge in [0.1, 0.15) is 0 Å². The summed E-state index contributed by atoms with van der Waals surface area (Å²) in [5, 5.41) is 5.09. The van der Waals surface area contributed by atoms with Gasteiger partial charge in [0.25, 0.3) is 0 Å². The molecule has 0 fully saturated rings. The minimum atomic E-state index is 0.124. The van der Waals surface area contributed by atoms with Crippen LogP contribution in [0, 0.1) is 0 Å². The van der Waals surface area contributed by atoms with Gasteiger partial charge in [0, 0.05) is 32.9 Å². The molecule has 0 atom stereocenters. The molecule has 8 aromatic rings. The average Bonchev–Trinajstić information content (AvgIpc) is 3.56. The van der Waals surface area contributed by atoms with E-state index in [1.165, 1.54) is 77.2 Å². The highest BCUT2D eigenvalue weighted by molar-refractivity contribution is 6.12. The third-order valence-electron chi connectivity index (χ3n) is 9.66. The van der Waals surface area contributed by atoms with E-state index >= 15 is 0 Å². The van der Waals surface area contributed by atoms with E-state index in [1.807, 2.05) is 0 Å². The van der Waals surface area contributed by atoms with E-state index < -0.39 is 0 Å². The Kier molecular flexibility index (Phi) is 6.31. The molecular weight excluding hydrogens is 556 g/mol. The number of aromatic nitrogens is 2. The van der Waals surface area contributed by atoms with Crippen LogP contribution in [-0.4, -0.2) is 9.13 Å². The van der Waals surface area contributed by atoms with Crippen LogP contribution in [-0.2, 0) is 10.8 Å². The quantitative estimate of drug-likeness (QED) is 0.192. The summed E-state index contributed by atoms with van der Waals surface area (Å²) >= 11 is 0. The fraction of sp³-hybridized carbons (Fsp3) is 0.182. The van der Waals surface area contributed by atoms with E-state index in [9.17, 15) is 0 Å². The van der Waals surface area contributed by atoms with Crippen LogP contribution in [0.2, 0.25) is 0 Å². The molecular formula is C44H40N2. The summed E-state index contributed by atoms with van der Waals surface area (Å²) in [6, 6.07) is 49.6. The Morgan fingerprint density at radius 2 is 0.696 bits per heavy atom. The molecule has 0 saturated heterocycles. The molecule has 0 aliphatic heterocycles. The Balaban J connectivity index is 1.27. The topological polar surface area (TPSA) is 9.86 Å². The summed E-state index contributed by atoms with van der Waals surface area (Å²) < 4.78 is 4.81. The molecule has 0 bridgehead atoms. The van der Waals surface area contributed by atoms with Crippen LogP contribution in [0.5, 0.6) is 0 Å². The summed E-state index contributed by atoms with van der Waals surface area (Å²) in [4.78, 5) is 0. The van der Waals surface area contributed by atoms with Crippen LogP contribution in [0.25, 0.3) is 66.1 Å². The van der Waals surface area contributed by atoms with E-state index in [4.69, 9.17) is 0 Å². The molecule has 0 saturated carbocycles. The molecule has 2 heterocycles. The molecule has 0 unspecified atom stereocenters. The second kappa shape index (κ2) is 10.2. The van der Waals surface area contributed by atoms with Crippen LogP contribution in [0.3, 0.4) is 0 Å². The summed E-state index contributed by atoms with van der Waals surface area (Å²) in [6.45, 7) is 13.6. The van der Waals surface area contributed by atoms with E-state index in [0.29, 0.717) is 0 Å². The number of nitrogens with zero attached hydrogens (tertiary/aromatic N) is 2. The van der Waals surface area contributed by atoms with Crippen LogP contribution in [0.15, 0.2) is 133 Å². The second-order valence-electron chi connectivity index (χ2n) is 14.8. The number of para-hydroxylation sites is 2. The van der Waals surface area contributed by atoms with Gasteiger partial charge in [-0.1, -0.05) is 114 Å². The third kappa shape index (κ3) is 4.55. The highest BCUT2D eigenvalue weighted by atomic mass is 15.0. The molecule has 2 nitrogen and oxygen atoms in total. The largest absolute Gasteiger partial charge is 0.309 e. The van der Waals surface area contributed by atoms with Crippen LogP contribution in [0.4, 0.5) is 0 Å². The molecule has 2 heteroatoms. The molecule has 0 radical (unpaired) electrons. The first-order valence-corrected chi connectivity index (χ1v) is 16.4. The van der Waals surface area contributed by atoms with Crippen molar-refractivity contribution >= 4 is 43.6 Å². The van der Waals surface area contributed by atoms with Gasteiger partial charge in [-0.2, -0.15) is 0 Å². The summed E-state index contributed by atoms with van der Waals surface area (Å²) in [5.74, 6) is 0. The van der Waals surface area contributed by atoms with Crippen LogP contribution >= 0.6 is 0 Å². The van der Waals surface area contributed by atoms with Gasteiger partial charge < -0.3 is 9.13 Å². The number of fused-ring (bicyclic) bond motifs is 6. The van der Waals surface area contributed by atoms with E-state index in [0.717, 1.165) is 0 Å². The van der Waals surface area contributed by atoms with E-state index in [-0.39, 0.29) is 10.8 Å². The summed E-state index contributed by atoms with van der Waals surface area (Å²) in [5.41, 5.74) is 12.7. The number of hydrogen-bond donors (Lipinski definition) is 0. The van der Waals surface area contributed by atoms with Crippen molar-refractivity contribution in [2.24, 2.45) is 0 Å². The predicted molar refractivity (Wildman–Crippen MR) is 198 cm³/mol. The molecule has 2 aromatic heterocycles. The van der Waals surface area contributed by atoms with Crippen molar-refractivity contribution in [1.29, 1.82) is 0 Å². The highest BCUT2D eigenvalue weighted by Gasteiger charge is 2.18. The van der Waals surface area contributed by atoms with Crippen molar-refractivity contribution in [3.8, 4) is 22.5 Å². The first-order chi connectivity index (χ1) is 22.1. The molecule has 0 amide bonds. The Labute approximate surface area is 271 Å². The summed E-state index contributed by atoms with van der Waals surface area (Å²) in [6.07, 6.45) is 0. The van der Waals surface area contributed by atoms with Crippen molar-refractivity contribution in [3.05, 3.63) is 145 Å². The minimum Gasteiger partial charge on any atom is -0.309 e. The lowest BCUT2D eigenvalue weighted by Crippen LogP contribution is -2.10. The fourth-order valence-corrected chi connectivity index (χ4v) is 7.08. The Hall–Kier alpha value is -5.08. The number of hydrogen-bond acceptors (Lipinski definition) is 0. The van der Waals surface area contributed by atoms with Gasteiger partial charge in [0.2, 0.25) is 0 Å². The molecule has 0 spiro atoms. The Morgan fingerprint density at radius 1 is 0.348 bits per heavy atom. The monoisotopic (exact) mass is 596 g/mol. The first-order valence-electron chi connectivity index (χ1n) is 16.4. The highest BCUT2D eigenvalue weighted by Crippen LogP contribution is 2.38. The maximum atomic E-state index is 2.41. The smallest absolute Gasteiger partial charge is 0.0541 e. The fourth-order valence-electron chi connectivity index (χ4n) is 7.08. The molecule has 0 N–H and O–H groups in total. The van der Waals surface area contributed by atoms with Gasteiger partial charge in [0.05, 0.1) is 22.1 Å². The lowest BCUT2D eigenvalue weighted by Gasteiger charge is -2.19. The van der Waals surface area contributed by atoms with Gasteiger partial charge in [-0.3, -0.25) is 0 Å². The molecule has 46 heavy (non-hydrogen) atoms. The number of rotatable bonds is 3. The van der Waals surface area contributed by atoms with Crippen LogP contribution < -0.4 is 0 Å². The van der Waals surface area contributed by atoms with Crippen molar-refractivity contribution in [3.63, 3.8) is 0 Å². The van der Waals surface area contributed by atoms with Crippen molar-refractivity contribution in [1.82, 2.24) is 9.13 Å². The van der Waals surface area contributed by atoms with Gasteiger partial charge in [-0.05, 0) is 93.7 Å². The van der Waals surface area contributed by atoms with Gasteiger partial charge in [-0.15, -0.1) is 0 Å². The molecule has 0 aliphatic carbocycles. The van der Waals surface area contributed by atoms with Gasteiger partial charge in [-0.25, -0.2) is 0 Å². The van der Waals surface area contributed by atoms with Crippen molar-refractivity contribution < 1.29 is 0 Å². The molecule has 8 rings (SSSR count). The molecule has 226 valence electrons. The Bertz CT molecular complexity index is 2230. The second-order valence-corrected chi connectivity index (χ2v) is 14.8. The zero-order valence-electron chi connectivity index (χ0n) is 27.6. The summed E-state index contributed by atoms with van der Waals surface area (Å²) in [7, 11) is 0. The Morgan fingerprint density at radius 3 is 1.07 bits per heavy atom. The van der Waals surface area contributed by atoms with Crippen molar-refractivity contribution in [2.75, 3.05) is 0 Å². The van der Waals surface area contributed by atoms with Gasteiger partial charge >= 0.3 is 0 Å². The predicted octanol–water partition coefficient (Wildman–Crippen LogP) is 12.1. The van der Waals surface area contributed by atoms with Crippen LogP contribution in [0.1, 0.15) is 52.7 Å². The lowest BCUT2D eigenvalue weighted by molar-refractivity contribution is 0.590. The normalized spacial score (nSPS) is 12.6. The lowest BCUT2D eigenvalue weighted by atomic mass is 9.87. The standard InChI is InChI=1S/C44H40N2/c1-43(2,3)31-17-21-33(22-18-31)45-39-13-9-7-11-35(39)37-27-29(15-25-41(37)45)30-16-26-42-38(28-30)36-12-8-10-14-40(36)46(42)34-23-19-32(20-24-34)44(4,5)6/h7-28H,1-6H3. The minimum absolute atomic E-state index is 0.124. The first kappa shape index (κ1) is 28.4. The average molecular weight is 597 g/mol. The van der Waals surface area contributed by atoms with Crippen molar-refractivity contribution in [2.45, 2.75) is 52.4 Å². The maximum absolute atomic E-state index is 2.41. The van der Waals surface area contributed by atoms with Gasteiger partial charge in [0.15, 0.2) is 0 Å². The number of benzene rings is 6. The molecule has 0 aliphatic rings. The maximum Gasteiger partial charge on any atom is 0.0541 e. The zero-order chi connectivity index (χ0) is 31.8.